The maximum Gasteiger partial charge on any atom is 0.270 e. The summed E-state index contributed by atoms with van der Waals surface area (Å²) in [6, 6.07) is 4.11. The van der Waals surface area contributed by atoms with Crippen LogP contribution in [-0.2, 0) is 0 Å². The van der Waals surface area contributed by atoms with Crippen LogP contribution in [0, 0.1) is 17.0 Å². The van der Waals surface area contributed by atoms with E-state index in [1.807, 2.05) is 0 Å². The molecule has 0 saturated carbocycles. The van der Waals surface area contributed by atoms with Crippen LogP contribution in [0.15, 0.2) is 18.2 Å². The van der Waals surface area contributed by atoms with Crippen LogP contribution in [-0.4, -0.2) is 23.4 Å². The van der Waals surface area contributed by atoms with E-state index in [4.69, 9.17) is 5.73 Å². The van der Waals surface area contributed by atoms with Crippen molar-refractivity contribution in [2.75, 3.05) is 6.54 Å². The Kier molecular flexibility index (Phi) is 6.29. The lowest BCUT2D eigenvalue weighted by molar-refractivity contribution is -0.384. The van der Waals surface area contributed by atoms with Crippen LogP contribution in [0.4, 0.5) is 5.69 Å². The van der Waals surface area contributed by atoms with Crippen molar-refractivity contribution in [1.82, 2.24) is 5.32 Å². The van der Waals surface area contributed by atoms with Gasteiger partial charge in [-0.25, -0.2) is 0 Å². The lowest BCUT2D eigenvalue weighted by Crippen LogP contribution is -2.37. The molecule has 0 aromatic heterocycles. The summed E-state index contributed by atoms with van der Waals surface area (Å²) in [6.45, 7) is 3.79. The van der Waals surface area contributed by atoms with Gasteiger partial charge in [0.25, 0.3) is 11.6 Å². The van der Waals surface area contributed by atoms with Crippen LogP contribution >= 0.6 is 12.4 Å². The Hall–Kier alpha value is -1.66. The summed E-state index contributed by atoms with van der Waals surface area (Å²) >= 11 is 0. The number of carbonyl (C=O) groups excluding carboxylic acids is 1. The number of nitro groups is 1. The largest absolute Gasteiger partial charge is 0.348 e. The molecule has 1 rings (SSSR count). The maximum atomic E-state index is 11.8. The van der Waals surface area contributed by atoms with Gasteiger partial charge in [-0.1, -0.05) is 0 Å². The fourth-order valence-corrected chi connectivity index (χ4v) is 1.37. The van der Waals surface area contributed by atoms with Gasteiger partial charge in [0.05, 0.1) is 4.92 Å². The van der Waals surface area contributed by atoms with Crippen molar-refractivity contribution in [3.63, 3.8) is 0 Å². The molecule has 0 saturated heterocycles. The first kappa shape index (κ1) is 16.3. The summed E-state index contributed by atoms with van der Waals surface area (Å²) in [5.41, 5.74) is 6.24. The predicted molar refractivity (Wildman–Crippen MR) is 71.1 cm³/mol. The van der Waals surface area contributed by atoms with Crippen molar-refractivity contribution in [2.24, 2.45) is 5.73 Å². The zero-order valence-corrected chi connectivity index (χ0v) is 11.0. The molecule has 7 heteroatoms. The second kappa shape index (κ2) is 6.93. The number of nitro benzene ring substituents is 1. The number of nitrogens with two attached hydrogens (primary N) is 1. The zero-order chi connectivity index (χ0) is 13.0. The van der Waals surface area contributed by atoms with Gasteiger partial charge in [-0.2, -0.15) is 0 Å². The summed E-state index contributed by atoms with van der Waals surface area (Å²) in [5.74, 6) is -0.352. The van der Waals surface area contributed by atoms with Gasteiger partial charge in [-0.15, -0.1) is 12.4 Å². The van der Waals surface area contributed by atoms with E-state index in [2.05, 4.69) is 5.32 Å². The summed E-state index contributed by atoms with van der Waals surface area (Å²) in [5, 5.41) is 13.3. The van der Waals surface area contributed by atoms with E-state index in [0.717, 1.165) is 0 Å². The van der Waals surface area contributed by atoms with Crippen molar-refractivity contribution in [3.05, 3.63) is 39.4 Å². The number of rotatable bonds is 4. The molecule has 3 N–H and O–H groups in total. The van der Waals surface area contributed by atoms with Crippen LogP contribution in [0.5, 0.6) is 0 Å². The molecule has 0 fully saturated rings. The van der Waals surface area contributed by atoms with Crippen LogP contribution in [0.1, 0.15) is 22.8 Å². The Balaban J connectivity index is 0.00000289. The molecule has 1 aromatic rings. The van der Waals surface area contributed by atoms with Crippen molar-refractivity contribution in [3.8, 4) is 0 Å². The maximum absolute atomic E-state index is 11.8. The van der Waals surface area contributed by atoms with Gasteiger partial charge in [0.15, 0.2) is 0 Å². The molecule has 6 nitrogen and oxygen atoms in total. The standard InChI is InChI=1S/C11H15N3O3.ClH/c1-7-3-9(5-10(4-7)14(16)17)11(15)13-8(2)6-12;/h3-5,8H,6,12H2,1-2H3,(H,13,15);1H/t8-;/m1./s1. The van der Waals surface area contributed by atoms with E-state index in [1.165, 1.54) is 12.1 Å². The number of hydrogen-bond acceptors (Lipinski definition) is 4. The minimum absolute atomic E-state index is 0. The fraction of sp³-hybridized carbons (Fsp3) is 0.364. The molecule has 100 valence electrons. The molecule has 18 heavy (non-hydrogen) atoms. The molecule has 0 spiro atoms. The van der Waals surface area contributed by atoms with Gasteiger partial charge in [0, 0.05) is 30.3 Å². The number of carbonyl (C=O) groups is 1. The summed E-state index contributed by atoms with van der Waals surface area (Å²) < 4.78 is 0. The number of amides is 1. The monoisotopic (exact) mass is 273 g/mol. The molecule has 0 heterocycles. The quantitative estimate of drug-likeness (QED) is 0.640. The van der Waals surface area contributed by atoms with Crippen LogP contribution in [0.3, 0.4) is 0 Å². The Morgan fingerprint density at radius 2 is 2.11 bits per heavy atom. The van der Waals surface area contributed by atoms with Gasteiger partial charge in [-0.05, 0) is 25.5 Å². The van der Waals surface area contributed by atoms with E-state index < -0.39 is 4.92 Å². The van der Waals surface area contributed by atoms with E-state index >= 15 is 0 Å². The fourth-order valence-electron chi connectivity index (χ4n) is 1.37. The Labute approximate surface area is 111 Å². The van der Waals surface area contributed by atoms with E-state index in [-0.39, 0.29) is 35.6 Å². The highest BCUT2D eigenvalue weighted by Crippen LogP contribution is 2.16. The van der Waals surface area contributed by atoms with Crippen LogP contribution in [0.25, 0.3) is 0 Å². The highest BCUT2D eigenvalue weighted by molar-refractivity contribution is 5.95. The first-order valence-electron chi connectivity index (χ1n) is 5.21. The number of aryl methyl sites for hydroxylation is 1. The molecule has 0 unspecified atom stereocenters. The van der Waals surface area contributed by atoms with E-state index in [9.17, 15) is 14.9 Å². The number of nitrogens with zero attached hydrogens (tertiary/aromatic N) is 1. The minimum Gasteiger partial charge on any atom is -0.348 e. The summed E-state index contributed by atoms with van der Waals surface area (Å²) in [6.07, 6.45) is 0. The van der Waals surface area contributed by atoms with Crippen LogP contribution in [0.2, 0.25) is 0 Å². The molecule has 1 aromatic carbocycles. The van der Waals surface area contributed by atoms with Gasteiger partial charge in [0.2, 0.25) is 0 Å². The zero-order valence-electron chi connectivity index (χ0n) is 10.2. The van der Waals surface area contributed by atoms with Gasteiger partial charge in [-0.3, -0.25) is 14.9 Å². The van der Waals surface area contributed by atoms with E-state index in [0.29, 0.717) is 12.1 Å². The minimum atomic E-state index is -0.518. The first-order valence-corrected chi connectivity index (χ1v) is 5.21. The Morgan fingerprint density at radius 1 is 1.50 bits per heavy atom. The number of non-ortho nitro benzene ring substituents is 1. The normalized spacial score (nSPS) is 11.3. The average Bonchev–Trinajstić information content (AvgIpc) is 2.27. The third-order valence-corrected chi connectivity index (χ3v) is 2.27. The van der Waals surface area contributed by atoms with Crippen molar-refractivity contribution in [2.45, 2.75) is 19.9 Å². The average molecular weight is 274 g/mol. The number of nitrogens with one attached hydrogen (secondary N) is 1. The molecule has 0 aliphatic rings. The Bertz CT molecular complexity index is 451. The molecular weight excluding hydrogens is 258 g/mol. The summed E-state index contributed by atoms with van der Waals surface area (Å²) in [7, 11) is 0. The number of halogens is 1. The number of benzene rings is 1. The van der Waals surface area contributed by atoms with E-state index in [1.54, 1.807) is 19.9 Å². The molecule has 1 amide bonds. The van der Waals surface area contributed by atoms with Gasteiger partial charge >= 0.3 is 0 Å². The lowest BCUT2D eigenvalue weighted by Gasteiger charge is -2.11. The Morgan fingerprint density at radius 3 is 2.61 bits per heavy atom. The van der Waals surface area contributed by atoms with Gasteiger partial charge < -0.3 is 11.1 Å². The van der Waals surface area contributed by atoms with Crippen LogP contribution < -0.4 is 11.1 Å². The molecule has 0 bridgehead atoms. The molecular formula is C11H16ClN3O3. The smallest absolute Gasteiger partial charge is 0.270 e. The third-order valence-electron chi connectivity index (χ3n) is 2.27. The third kappa shape index (κ3) is 4.31. The SMILES string of the molecule is Cc1cc(C(=O)N[C@H](C)CN)cc([N+](=O)[O-])c1.Cl. The lowest BCUT2D eigenvalue weighted by atomic mass is 10.1. The first-order chi connectivity index (χ1) is 7.93. The highest BCUT2D eigenvalue weighted by Gasteiger charge is 2.14. The second-order valence-electron chi connectivity index (χ2n) is 3.92. The highest BCUT2D eigenvalue weighted by atomic mass is 35.5. The second-order valence-corrected chi connectivity index (χ2v) is 3.92. The molecule has 0 radical (unpaired) electrons. The summed E-state index contributed by atoms with van der Waals surface area (Å²) in [4.78, 5) is 21.9. The molecule has 1 atom stereocenters. The van der Waals surface area contributed by atoms with Crippen molar-refractivity contribution in [1.29, 1.82) is 0 Å². The molecule has 0 aliphatic heterocycles. The van der Waals surface area contributed by atoms with Crippen molar-refractivity contribution >= 4 is 24.0 Å². The van der Waals surface area contributed by atoms with Crippen molar-refractivity contribution < 1.29 is 9.72 Å². The van der Waals surface area contributed by atoms with Gasteiger partial charge in [0.1, 0.15) is 0 Å². The molecule has 0 aliphatic carbocycles. The number of hydrogen-bond donors (Lipinski definition) is 2. The predicted octanol–water partition coefficient (Wildman–Crippen LogP) is 1.40. The topological polar surface area (TPSA) is 98.3 Å².